The molecule has 1 aliphatic carbocycles. The van der Waals surface area contributed by atoms with Gasteiger partial charge in [0.25, 0.3) is 0 Å². The molecule has 1 aromatic rings. The van der Waals surface area contributed by atoms with Gasteiger partial charge in [0.15, 0.2) is 0 Å². The number of likely N-dealkylation sites (tertiary alicyclic amines) is 1. The fourth-order valence-corrected chi connectivity index (χ4v) is 2.91. The molecule has 2 heterocycles. The number of amides is 1. The predicted octanol–water partition coefficient (Wildman–Crippen LogP) is 2.25. The van der Waals surface area contributed by atoms with E-state index in [1.807, 2.05) is 17.0 Å². The van der Waals surface area contributed by atoms with Crippen molar-refractivity contribution >= 4 is 5.91 Å². The van der Waals surface area contributed by atoms with Crippen LogP contribution in [0.25, 0.3) is 0 Å². The molecule has 0 spiro atoms. The van der Waals surface area contributed by atoms with E-state index in [4.69, 9.17) is 4.74 Å². The second kappa shape index (κ2) is 5.59. The van der Waals surface area contributed by atoms with E-state index in [-0.39, 0.29) is 12.0 Å². The second-order valence-corrected chi connectivity index (χ2v) is 5.51. The summed E-state index contributed by atoms with van der Waals surface area (Å²) in [7, 11) is 0. The monoisotopic (exact) mass is 260 g/mol. The lowest BCUT2D eigenvalue weighted by molar-refractivity contribution is -0.145. The highest BCUT2D eigenvalue weighted by atomic mass is 16.5. The minimum Gasteiger partial charge on any atom is -0.485 e. The van der Waals surface area contributed by atoms with E-state index in [0.29, 0.717) is 5.91 Å². The third kappa shape index (κ3) is 2.88. The highest BCUT2D eigenvalue weighted by Gasteiger charge is 2.35. The zero-order chi connectivity index (χ0) is 13.1. The van der Waals surface area contributed by atoms with Crippen LogP contribution in [0.15, 0.2) is 24.5 Å². The number of aromatic nitrogens is 1. The molecule has 0 atom stereocenters. The molecule has 19 heavy (non-hydrogen) atoms. The molecule has 0 bridgehead atoms. The van der Waals surface area contributed by atoms with Crippen molar-refractivity contribution in [3.63, 3.8) is 0 Å². The van der Waals surface area contributed by atoms with Crippen molar-refractivity contribution in [2.75, 3.05) is 13.1 Å². The van der Waals surface area contributed by atoms with Crippen molar-refractivity contribution in [3.8, 4) is 5.75 Å². The minimum atomic E-state index is 0.136. The summed E-state index contributed by atoms with van der Waals surface area (Å²) in [6.45, 7) is 1.45. The van der Waals surface area contributed by atoms with Crippen LogP contribution in [0.4, 0.5) is 0 Å². The van der Waals surface area contributed by atoms with Gasteiger partial charge in [0.2, 0.25) is 5.91 Å². The molecular formula is C15H20N2O2. The quantitative estimate of drug-likeness (QED) is 0.837. The third-order valence-electron chi connectivity index (χ3n) is 4.05. The Morgan fingerprint density at radius 3 is 2.74 bits per heavy atom. The molecule has 0 aromatic carbocycles. The molecule has 1 saturated heterocycles. The molecule has 102 valence electrons. The van der Waals surface area contributed by atoms with Gasteiger partial charge in [-0.3, -0.25) is 9.78 Å². The number of carbonyl (C=O) groups excluding carboxylic acids is 1. The van der Waals surface area contributed by atoms with Gasteiger partial charge in [-0.05, 0) is 25.0 Å². The van der Waals surface area contributed by atoms with Gasteiger partial charge in [-0.15, -0.1) is 0 Å². The standard InChI is InChI=1S/C15H20N2O2/c18-15(12-5-2-1-3-6-12)17-10-14(11-17)19-13-7-4-8-16-9-13/h4,7-9,12,14H,1-3,5-6,10-11H2. The Hall–Kier alpha value is -1.58. The van der Waals surface area contributed by atoms with E-state index in [1.54, 1.807) is 12.4 Å². The lowest BCUT2D eigenvalue weighted by Gasteiger charge is -2.41. The Labute approximate surface area is 113 Å². The Morgan fingerprint density at radius 1 is 1.26 bits per heavy atom. The molecule has 0 unspecified atom stereocenters. The molecule has 1 saturated carbocycles. The zero-order valence-electron chi connectivity index (χ0n) is 11.1. The maximum atomic E-state index is 12.2. The van der Waals surface area contributed by atoms with E-state index in [1.165, 1.54) is 19.3 Å². The first-order valence-corrected chi connectivity index (χ1v) is 7.18. The fraction of sp³-hybridized carbons (Fsp3) is 0.600. The number of pyridine rings is 1. The fourth-order valence-electron chi connectivity index (χ4n) is 2.91. The largest absolute Gasteiger partial charge is 0.485 e. The van der Waals surface area contributed by atoms with E-state index < -0.39 is 0 Å². The molecule has 1 aromatic heterocycles. The molecule has 0 radical (unpaired) electrons. The van der Waals surface area contributed by atoms with Gasteiger partial charge in [-0.2, -0.15) is 0 Å². The van der Waals surface area contributed by atoms with Crippen LogP contribution in [0.2, 0.25) is 0 Å². The molecule has 1 amide bonds. The van der Waals surface area contributed by atoms with E-state index in [0.717, 1.165) is 31.7 Å². The highest BCUT2D eigenvalue weighted by Crippen LogP contribution is 2.27. The Kier molecular flexibility index (Phi) is 3.67. The van der Waals surface area contributed by atoms with Crippen LogP contribution in [0, 0.1) is 5.92 Å². The Balaban J connectivity index is 1.46. The van der Waals surface area contributed by atoms with Crippen molar-refractivity contribution in [3.05, 3.63) is 24.5 Å². The first kappa shape index (κ1) is 12.5. The molecule has 2 fully saturated rings. The molecule has 4 heteroatoms. The van der Waals surface area contributed by atoms with Crippen LogP contribution < -0.4 is 4.74 Å². The molecule has 3 rings (SSSR count). The number of hydrogen-bond donors (Lipinski definition) is 0. The van der Waals surface area contributed by atoms with E-state index in [2.05, 4.69) is 4.98 Å². The highest BCUT2D eigenvalue weighted by molar-refractivity contribution is 5.79. The summed E-state index contributed by atoms with van der Waals surface area (Å²) in [5.41, 5.74) is 0. The number of rotatable bonds is 3. The van der Waals surface area contributed by atoms with Gasteiger partial charge in [0, 0.05) is 12.1 Å². The lowest BCUT2D eigenvalue weighted by Crippen LogP contribution is -2.57. The third-order valence-corrected chi connectivity index (χ3v) is 4.05. The first-order valence-electron chi connectivity index (χ1n) is 7.18. The second-order valence-electron chi connectivity index (χ2n) is 5.51. The summed E-state index contributed by atoms with van der Waals surface area (Å²) in [6, 6.07) is 3.76. The normalized spacial score (nSPS) is 20.9. The predicted molar refractivity (Wildman–Crippen MR) is 71.8 cm³/mol. The van der Waals surface area contributed by atoms with Gasteiger partial charge in [0.05, 0.1) is 19.3 Å². The summed E-state index contributed by atoms with van der Waals surface area (Å²) >= 11 is 0. The topological polar surface area (TPSA) is 42.4 Å². The summed E-state index contributed by atoms with van der Waals surface area (Å²) < 4.78 is 5.76. The van der Waals surface area contributed by atoms with Gasteiger partial charge in [-0.1, -0.05) is 19.3 Å². The van der Waals surface area contributed by atoms with Gasteiger partial charge >= 0.3 is 0 Å². The lowest BCUT2D eigenvalue weighted by atomic mass is 9.87. The van der Waals surface area contributed by atoms with Crippen molar-refractivity contribution in [1.82, 2.24) is 9.88 Å². The van der Waals surface area contributed by atoms with Crippen molar-refractivity contribution < 1.29 is 9.53 Å². The van der Waals surface area contributed by atoms with Crippen LogP contribution in [0.3, 0.4) is 0 Å². The van der Waals surface area contributed by atoms with Crippen LogP contribution >= 0.6 is 0 Å². The summed E-state index contributed by atoms with van der Waals surface area (Å²) in [5, 5.41) is 0. The minimum absolute atomic E-state index is 0.136. The first-order chi connectivity index (χ1) is 9.33. The Bertz CT molecular complexity index is 423. The number of hydrogen-bond acceptors (Lipinski definition) is 3. The maximum absolute atomic E-state index is 12.2. The molecule has 0 N–H and O–H groups in total. The van der Waals surface area contributed by atoms with Crippen molar-refractivity contribution in [2.45, 2.75) is 38.2 Å². The molecule has 1 aliphatic heterocycles. The van der Waals surface area contributed by atoms with Crippen molar-refractivity contribution in [2.24, 2.45) is 5.92 Å². The maximum Gasteiger partial charge on any atom is 0.225 e. The summed E-state index contributed by atoms with van der Waals surface area (Å²) in [6.07, 6.45) is 9.43. The number of carbonyl (C=O) groups is 1. The average molecular weight is 260 g/mol. The summed E-state index contributed by atoms with van der Waals surface area (Å²) in [4.78, 5) is 18.2. The zero-order valence-corrected chi connectivity index (χ0v) is 11.1. The van der Waals surface area contributed by atoms with E-state index in [9.17, 15) is 4.79 Å². The van der Waals surface area contributed by atoms with Crippen LogP contribution in [0.5, 0.6) is 5.75 Å². The molecular weight excluding hydrogens is 240 g/mol. The van der Waals surface area contributed by atoms with Crippen LogP contribution in [0.1, 0.15) is 32.1 Å². The van der Waals surface area contributed by atoms with Gasteiger partial charge < -0.3 is 9.64 Å². The average Bonchev–Trinajstić information content (AvgIpc) is 2.44. The van der Waals surface area contributed by atoms with Crippen LogP contribution in [-0.4, -0.2) is 35.0 Å². The summed E-state index contributed by atoms with van der Waals surface area (Å²) in [5.74, 6) is 1.40. The van der Waals surface area contributed by atoms with Crippen molar-refractivity contribution in [1.29, 1.82) is 0 Å². The SMILES string of the molecule is O=C(C1CCCCC1)N1CC(Oc2cccnc2)C1. The van der Waals surface area contributed by atoms with Crippen LogP contribution in [-0.2, 0) is 4.79 Å². The molecule has 2 aliphatic rings. The van der Waals surface area contributed by atoms with Gasteiger partial charge in [0.1, 0.15) is 11.9 Å². The van der Waals surface area contributed by atoms with Gasteiger partial charge in [-0.25, -0.2) is 0 Å². The molecule has 4 nitrogen and oxygen atoms in total. The number of ether oxygens (including phenoxy) is 1. The Morgan fingerprint density at radius 2 is 2.05 bits per heavy atom. The smallest absolute Gasteiger partial charge is 0.225 e. The number of nitrogens with zero attached hydrogens (tertiary/aromatic N) is 2. The van der Waals surface area contributed by atoms with E-state index >= 15 is 0 Å².